The first-order chi connectivity index (χ1) is 14.6. The van der Waals surface area contributed by atoms with Crippen molar-refractivity contribution in [3.05, 3.63) is 59.6 Å². The second-order valence-electron chi connectivity index (χ2n) is 6.74. The fourth-order valence-electron chi connectivity index (χ4n) is 3.27. The van der Waals surface area contributed by atoms with E-state index in [-0.39, 0.29) is 24.8 Å². The van der Waals surface area contributed by atoms with Crippen LogP contribution in [-0.2, 0) is 16.0 Å². The first kappa shape index (κ1) is 19.9. The zero-order chi connectivity index (χ0) is 21.1. The molecule has 0 saturated carbocycles. The third-order valence-corrected chi connectivity index (χ3v) is 5.77. The van der Waals surface area contributed by atoms with E-state index >= 15 is 0 Å². The summed E-state index contributed by atoms with van der Waals surface area (Å²) in [6.07, 6.45) is -0.610. The summed E-state index contributed by atoms with van der Waals surface area (Å²) in [5.41, 5.74) is 2.32. The van der Waals surface area contributed by atoms with E-state index in [4.69, 9.17) is 9.47 Å². The molecule has 0 radical (unpaired) electrons. The zero-order valence-corrected chi connectivity index (χ0v) is 17.4. The lowest BCUT2D eigenvalue weighted by molar-refractivity contribution is -0.127. The molecule has 2 aromatic carbocycles. The molecular weight excluding hydrogens is 402 g/mol. The smallest absolute Gasteiger partial charge is 0.262 e. The number of hydrogen-bond donors (Lipinski definition) is 1. The molecule has 1 atom stereocenters. The van der Waals surface area contributed by atoms with Crippen LogP contribution in [0, 0.1) is 0 Å². The Kier molecular flexibility index (Phi) is 5.67. The Bertz CT molecular complexity index is 1060. The highest BCUT2D eigenvalue weighted by Crippen LogP contribution is 2.34. The molecule has 8 heteroatoms. The maximum atomic E-state index is 13.1. The minimum Gasteiger partial charge on any atom is -0.497 e. The fourth-order valence-corrected chi connectivity index (χ4v) is 4.10. The lowest BCUT2D eigenvalue weighted by Gasteiger charge is -2.34. The van der Waals surface area contributed by atoms with Crippen molar-refractivity contribution in [2.24, 2.45) is 0 Å². The Morgan fingerprint density at radius 2 is 2.00 bits per heavy atom. The monoisotopic (exact) mass is 423 g/mol. The summed E-state index contributed by atoms with van der Waals surface area (Å²) in [6, 6.07) is 14.9. The summed E-state index contributed by atoms with van der Waals surface area (Å²) in [4.78, 5) is 31.4. The lowest BCUT2D eigenvalue weighted by Crippen LogP contribution is -2.50. The van der Waals surface area contributed by atoms with E-state index in [0.717, 1.165) is 16.3 Å². The Balaban J connectivity index is 1.53. The van der Waals surface area contributed by atoms with Crippen LogP contribution in [0.1, 0.15) is 5.69 Å². The third-order valence-electron chi connectivity index (χ3n) is 4.83. The number of carbonyl (C=O) groups excluding carboxylic acids is 2. The van der Waals surface area contributed by atoms with E-state index in [2.05, 4.69) is 10.3 Å². The number of methoxy groups -OCH3 is 1. The van der Waals surface area contributed by atoms with Crippen LogP contribution in [0.5, 0.6) is 11.5 Å². The number of anilines is 1. The molecule has 2 amide bonds. The number of amides is 2. The van der Waals surface area contributed by atoms with Crippen LogP contribution in [-0.4, -0.2) is 43.6 Å². The highest BCUT2D eigenvalue weighted by atomic mass is 32.1. The summed E-state index contributed by atoms with van der Waals surface area (Å²) in [5.74, 6) is 0.897. The maximum absolute atomic E-state index is 13.1. The van der Waals surface area contributed by atoms with E-state index in [1.54, 1.807) is 25.1 Å². The molecule has 1 aliphatic rings. The number of aromatic nitrogens is 1. The molecule has 1 aliphatic heterocycles. The van der Waals surface area contributed by atoms with Crippen molar-refractivity contribution in [3.63, 3.8) is 0 Å². The molecule has 3 aromatic rings. The molecule has 2 heterocycles. The summed E-state index contributed by atoms with van der Waals surface area (Å²) in [6.45, 7) is 0.158. The van der Waals surface area contributed by atoms with Gasteiger partial charge >= 0.3 is 0 Å². The fraction of sp³-hybridized carbons (Fsp3) is 0.227. The predicted octanol–water partition coefficient (Wildman–Crippen LogP) is 2.90. The van der Waals surface area contributed by atoms with Gasteiger partial charge in [0.2, 0.25) is 5.91 Å². The number of para-hydroxylation sites is 2. The molecule has 0 bridgehead atoms. The molecule has 0 saturated heterocycles. The summed E-state index contributed by atoms with van der Waals surface area (Å²) in [5, 5.41) is 5.31. The van der Waals surface area contributed by atoms with Gasteiger partial charge in [-0.05, 0) is 36.4 Å². The normalized spacial score (nSPS) is 15.1. The highest BCUT2D eigenvalue weighted by Gasteiger charge is 2.33. The number of ether oxygens (including phenoxy) is 2. The molecule has 4 rings (SSSR count). The summed E-state index contributed by atoms with van der Waals surface area (Å²) >= 11 is 1.49. The van der Waals surface area contributed by atoms with Gasteiger partial charge in [-0.3, -0.25) is 9.59 Å². The van der Waals surface area contributed by atoms with E-state index in [0.29, 0.717) is 17.1 Å². The topological polar surface area (TPSA) is 80.8 Å². The summed E-state index contributed by atoms with van der Waals surface area (Å²) < 4.78 is 11.0. The molecular formula is C22H21N3O4S. The van der Waals surface area contributed by atoms with Crippen molar-refractivity contribution in [1.29, 1.82) is 0 Å². The van der Waals surface area contributed by atoms with Gasteiger partial charge in [0.25, 0.3) is 5.91 Å². The first-order valence-corrected chi connectivity index (χ1v) is 10.3. The van der Waals surface area contributed by atoms with Crippen molar-refractivity contribution >= 4 is 28.8 Å². The van der Waals surface area contributed by atoms with Gasteiger partial charge in [-0.25, -0.2) is 4.98 Å². The quantitative estimate of drug-likeness (QED) is 0.683. The predicted molar refractivity (Wildman–Crippen MR) is 115 cm³/mol. The van der Waals surface area contributed by atoms with Gasteiger partial charge in [0.1, 0.15) is 16.5 Å². The second kappa shape index (κ2) is 8.54. The number of nitrogens with one attached hydrogen (secondary N) is 1. The molecule has 7 nitrogen and oxygen atoms in total. The van der Waals surface area contributed by atoms with Crippen LogP contribution < -0.4 is 19.7 Å². The molecule has 0 aliphatic carbocycles. The molecule has 154 valence electrons. The number of fused-ring (bicyclic) bond motifs is 1. The molecule has 30 heavy (non-hydrogen) atoms. The standard InChI is InChI=1S/C22H21N3O4S/c1-23-21(27)19-12-25(17-5-3-4-6-18(17)29-19)20(26)11-15-13-30-22(24-15)14-7-9-16(28-2)10-8-14/h3-10,13,19H,11-12H2,1-2H3,(H,23,27). The van der Waals surface area contributed by atoms with Crippen LogP contribution >= 0.6 is 11.3 Å². The van der Waals surface area contributed by atoms with Crippen LogP contribution in [0.2, 0.25) is 0 Å². The van der Waals surface area contributed by atoms with Crippen molar-refractivity contribution in [1.82, 2.24) is 10.3 Å². The highest BCUT2D eigenvalue weighted by molar-refractivity contribution is 7.13. The number of nitrogens with zero attached hydrogens (tertiary/aromatic N) is 2. The molecule has 0 spiro atoms. The Morgan fingerprint density at radius 1 is 1.23 bits per heavy atom. The first-order valence-electron chi connectivity index (χ1n) is 9.45. The Hall–Kier alpha value is -3.39. The average molecular weight is 423 g/mol. The zero-order valence-electron chi connectivity index (χ0n) is 16.6. The Morgan fingerprint density at radius 3 is 2.73 bits per heavy atom. The van der Waals surface area contributed by atoms with Crippen LogP contribution in [0.3, 0.4) is 0 Å². The van der Waals surface area contributed by atoms with Gasteiger partial charge in [-0.1, -0.05) is 12.1 Å². The average Bonchev–Trinajstić information content (AvgIpc) is 3.26. The van der Waals surface area contributed by atoms with E-state index < -0.39 is 6.10 Å². The third kappa shape index (κ3) is 3.99. The van der Waals surface area contributed by atoms with E-state index in [1.807, 2.05) is 47.8 Å². The number of rotatable bonds is 5. The van der Waals surface area contributed by atoms with Crippen molar-refractivity contribution in [2.75, 3.05) is 25.6 Å². The van der Waals surface area contributed by atoms with Gasteiger partial charge in [0, 0.05) is 18.0 Å². The van der Waals surface area contributed by atoms with Crippen molar-refractivity contribution in [3.8, 4) is 22.1 Å². The minimum atomic E-state index is -0.751. The van der Waals surface area contributed by atoms with Gasteiger partial charge in [0.15, 0.2) is 6.10 Å². The summed E-state index contributed by atoms with van der Waals surface area (Å²) in [7, 11) is 3.18. The van der Waals surface area contributed by atoms with E-state index in [1.165, 1.54) is 11.3 Å². The van der Waals surface area contributed by atoms with Crippen LogP contribution in [0.25, 0.3) is 10.6 Å². The number of benzene rings is 2. The van der Waals surface area contributed by atoms with Crippen molar-refractivity contribution in [2.45, 2.75) is 12.5 Å². The van der Waals surface area contributed by atoms with Gasteiger partial charge < -0.3 is 19.7 Å². The molecule has 1 N–H and O–H groups in total. The SMILES string of the molecule is CNC(=O)C1CN(C(=O)Cc2csc(-c3ccc(OC)cc3)n2)c2ccccc2O1. The maximum Gasteiger partial charge on any atom is 0.262 e. The van der Waals surface area contributed by atoms with Gasteiger partial charge in [-0.2, -0.15) is 0 Å². The Labute approximate surface area is 178 Å². The van der Waals surface area contributed by atoms with Gasteiger partial charge in [0.05, 0.1) is 31.5 Å². The number of carbonyl (C=O) groups is 2. The largest absolute Gasteiger partial charge is 0.497 e. The number of hydrogen-bond acceptors (Lipinski definition) is 6. The minimum absolute atomic E-state index is 0.133. The molecule has 1 aromatic heterocycles. The van der Waals surface area contributed by atoms with Crippen LogP contribution in [0.4, 0.5) is 5.69 Å². The van der Waals surface area contributed by atoms with Crippen LogP contribution in [0.15, 0.2) is 53.9 Å². The molecule has 0 fully saturated rings. The lowest BCUT2D eigenvalue weighted by atomic mass is 10.1. The van der Waals surface area contributed by atoms with Crippen molar-refractivity contribution < 1.29 is 19.1 Å². The van der Waals surface area contributed by atoms with E-state index in [9.17, 15) is 9.59 Å². The number of thiazole rings is 1. The molecule has 1 unspecified atom stereocenters. The van der Waals surface area contributed by atoms with Gasteiger partial charge in [-0.15, -0.1) is 11.3 Å². The second-order valence-corrected chi connectivity index (χ2v) is 7.60. The number of likely N-dealkylation sites (N-methyl/N-ethyl adjacent to an activating group) is 1.